The third-order valence-electron chi connectivity index (χ3n) is 4.14. The fourth-order valence-electron chi connectivity index (χ4n) is 2.63. The normalized spacial score (nSPS) is 10.7. The molecule has 3 aromatic rings. The Morgan fingerprint density at radius 3 is 2.58 bits per heavy atom. The highest BCUT2D eigenvalue weighted by Gasteiger charge is 2.17. The zero-order chi connectivity index (χ0) is 18.8. The van der Waals surface area contributed by atoms with E-state index in [1.165, 1.54) is 18.2 Å². The minimum Gasteiger partial charge on any atom is -0.482 e. The first-order valence-corrected chi connectivity index (χ1v) is 7.79. The van der Waals surface area contributed by atoms with Crippen LogP contribution in [0.3, 0.4) is 0 Å². The van der Waals surface area contributed by atoms with E-state index in [1.54, 1.807) is 6.07 Å². The monoisotopic (exact) mass is 353 g/mol. The summed E-state index contributed by atoms with van der Waals surface area (Å²) >= 11 is 0. The van der Waals surface area contributed by atoms with Gasteiger partial charge in [-0.15, -0.1) is 0 Å². The molecule has 0 spiro atoms. The zero-order valence-corrected chi connectivity index (χ0v) is 14.1. The van der Waals surface area contributed by atoms with Gasteiger partial charge in [0.2, 0.25) is 0 Å². The molecule has 7 heteroatoms. The lowest BCUT2D eigenvalue weighted by Crippen LogP contribution is -2.05. The number of rotatable bonds is 5. The summed E-state index contributed by atoms with van der Waals surface area (Å²) < 4.78 is 10.8. The minimum absolute atomic E-state index is 0.0193. The van der Waals surface area contributed by atoms with Gasteiger partial charge in [0.25, 0.3) is 0 Å². The number of carbonyl (C=O) groups excluding carboxylic acids is 1. The van der Waals surface area contributed by atoms with Crippen molar-refractivity contribution in [2.45, 2.75) is 20.5 Å². The number of benzene rings is 2. The molecular formula is C19H15NO6. The lowest BCUT2D eigenvalue weighted by atomic mass is 10.0. The second-order valence-corrected chi connectivity index (χ2v) is 5.91. The predicted octanol–water partition coefficient (Wildman–Crippen LogP) is 3.71. The van der Waals surface area contributed by atoms with E-state index in [0.29, 0.717) is 22.8 Å². The summed E-state index contributed by atoms with van der Waals surface area (Å²) in [7, 11) is 0. The molecule has 0 fully saturated rings. The Hall–Kier alpha value is -3.48. The molecule has 0 amide bonds. The van der Waals surface area contributed by atoms with E-state index in [2.05, 4.69) is 0 Å². The molecule has 0 N–H and O–H groups in total. The number of hydrogen-bond donors (Lipinski definition) is 0. The van der Waals surface area contributed by atoms with Crippen molar-refractivity contribution >= 4 is 22.9 Å². The van der Waals surface area contributed by atoms with Crippen LogP contribution in [0.25, 0.3) is 11.0 Å². The maximum Gasteiger partial charge on any atom is 0.336 e. The molecule has 0 atom stereocenters. The van der Waals surface area contributed by atoms with Crippen LogP contribution >= 0.6 is 0 Å². The molecule has 1 heterocycles. The van der Waals surface area contributed by atoms with Crippen LogP contribution in [0.2, 0.25) is 0 Å². The number of aryl methyl sites for hydroxylation is 2. The van der Waals surface area contributed by atoms with E-state index >= 15 is 0 Å². The molecule has 0 aliphatic carbocycles. The van der Waals surface area contributed by atoms with Crippen molar-refractivity contribution in [1.82, 2.24) is 0 Å². The van der Waals surface area contributed by atoms with Crippen LogP contribution in [-0.2, 0) is 6.61 Å². The highest BCUT2D eigenvalue weighted by Crippen LogP contribution is 2.29. The van der Waals surface area contributed by atoms with Gasteiger partial charge in [-0.25, -0.2) is 4.79 Å². The Labute approximate surface area is 148 Å². The number of nitro groups is 1. The van der Waals surface area contributed by atoms with Gasteiger partial charge >= 0.3 is 11.3 Å². The number of fused-ring (bicyclic) bond motifs is 1. The van der Waals surface area contributed by atoms with E-state index in [4.69, 9.17) is 9.15 Å². The number of ether oxygens (including phenoxy) is 1. The molecule has 0 aliphatic rings. The van der Waals surface area contributed by atoms with Gasteiger partial charge < -0.3 is 9.15 Å². The van der Waals surface area contributed by atoms with Gasteiger partial charge in [-0.3, -0.25) is 14.9 Å². The quantitative estimate of drug-likeness (QED) is 0.300. The molecule has 7 nitrogen and oxygen atoms in total. The third kappa shape index (κ3) is 3.32. The van der Waals surface area contributed by atoms with E-state index in [9.17, 15) is 19.7 Å². The largest absolute Gasteiger partial charge is 0.482 e. The molecule has 1 aromatic heterocycles. The zero-order valence-electron chi connectivity index (χ0n) is 14.1. The predicted molar refractivity (Wildman–Crippen MR) is 94.8 cm³/mol. The lowest BCUT2D eigenvalue weighted by molar-refractivity contribution is -0.386. The number of carbonyl (C=O) groups is 1. The summed E-state index contributed by atoms with van der Waals surface area (Å²) in [6.07, 6.45) is 0.526. The van der Waals surface area contributed by atoms with Crippen molar-refractivity contribution in [2.24, 2.45) is 0 Å². The Morgan fingerprint density at radius 2 is 1.88 bits per heavy atom. The molecule has 132 valence electrons. The minimum atomic E-state index is -0.618. The number of nitrogens with zero attached hydrogens (tertiary/aromatic N) is 1. The van der Waals surface area contributed by atoms with Gasteiger partial charge in [-0.1, -0.05) is 0 Å². The Balaban J connectivity index is 2.00. The van der Waals surface area contributed by atoms with Crippen molar-refractivity contribution in [1.29, 1.82) is 0 Å². The van der Waals surface area contributed by atoms with E-state index in [1.807, 2.05) is 19.9 Å². The highest BCUT2D eigenvalue weighted by molar-refractivity contribution is 5.82. The van der Waals surface area contributed by atoms with Crippen LogP contribution in [0.1, 0.15) is 27.0 Å². The van der Waals surface area contributed by atoms with Gasteiger partial charge in [0.05, 0.1) is 4.92 Å². The summed E-state index contributed by atoms with van der Waals surface area (Å²) in [5.41, 5.74) is 2.35. The summed E-state index contributed by atoms with van der Waals surface area (Å²) in [5, 5.41) is 11.9. The molecule has 3 rings (SSSR count). The second-order valence-electron chi connectivity index (χ2n) is 5.91. The molecule has 2 aromatic carbocycles. The van der Waals surface area contributed by atoms with E-state index < -0.39 is 10.5 Å². The van der Waals surface area contributed by atoms with Gasteiger partial charge in [0, 0.05) is 28.6 Å². The smallest absolute Gasteiger partial charge is 0.336 e. The van der Waals surface area contributed by atoms with Crippen LogP contribution in [0.15, 0.2) is 45.6 Å². The van der Waals surface area contributed by atoms with Crippen LogP contribution < -0.4 is 10.4 Å². The van der Waals surface area contributed by atoms with Gasteiger partial charge in [-0.05, 0) is 49.2 Å². The van der Waals surface area contributed by atoms with Crippen molar-refractivity contribution in [3.05, 3.63) is 79.2 Å². The Kier molecular flexibility index (Phi) is 4.53. The van der Waals surface area contributed by atoms with Crippen molar-refractivity contribution < 1.29 is 18.9 Å². The number of nitro benzene ring substituents is 1. The van der Waals surface area contributed by atoms with Gasteiger partial charge in [0.1, 0.15) is 18.5 Å². The first-order chi connectivity index (χ1) is 12.4. The topological polar surface area (TPSA) is 99.7 Å². The summed E-state index contributed by atoms with van der Waals surface area (Å²) in [6.45, 7) is 3.80. The van der Waals surface area contributed by atoms with Crippen LogP contribution in [0.5, 0.6) is 5.75 Å². The van der Waals surface area contributed by atoms with Gasteiger partial charge in [0.15, 0.2) is 5.75 Å². The number of aldehydes is 1. The fraction of sp³-hybridized carbons (Fsp3) is 0.158. The SMILES string of the molecule is Cc1cc2oc(=O)cc(COc3ccc(C=O)cc3[N+](=O)[O-])c2cc1C. The molecule has 0 aliphatic heterocycles. The number of hydrogen-bond acceptors (Lipinski definition) is 6. The summed E-state index contributed by atoms with van der Waals surface area (Å²) in [4.78, 5) is 33.2. The summed E-state index contributed by atoms with van der Waals surface area (Å²) in [6, 6.07) is 8.91. The third-order valence-corrected chi connectivity index (χ3v) is 4.14. The standard InChI is InChI=1S/C19H15NO6/c1-11-5-15-14(8-19(22)26-18(15)6-12(11)2)10-25-17-4-3-13(9-21)7-16(17)20(23)24/h3-9H,10H2,1-2H3. The van der Waals surface area contributed by atoms with E-state index in [0.717, 1.165) is 17.2 Å². The highest BCUT2D eigenvalue weighted by atomic mass is 16.6. The molecule has 0 saturated carbocycles. The maximum absolute atomic E-state index is 11.8. The maximum atomic E-state index is 11.8. The lowest BCUT2D eigenvalue weighted by Gasteiger charge is -2.10. The molecule has 0 radical (unpaired) electrons. The Morgan fingerprint density at radius 1 is 1.15 bits per heavy atom. The van der Waals surface area contributed by atoms with E-state index in [-0.39, 0.29) is 23.6 Å². The first kappa shape index (κ1) is 17.3. The Bertz CT molecular complexity index is 1080. The molecule has 0 unspecified atom stereocenters. The van der Waals surface area contributed by atoms with Crippen molar-refractivity contribution in [3.63, 3.8) is 0 Å². The van der Waals surface area contributed by atoms with Crippen LogP contribution in [-0.4, -0.2) is 11.2 Å². The molecule has 0 bridgehead atoms. The van der Waals surface area contributed by atoms with Crippen molar-refractivity contribution in [3.8, 4) is 5.75 Å². The average Bonchev–Trinajstić information content (AvgIpc) is 2.61. The molecular weight excluding hydrogens is 338 g/mol. The first-order valence-electron chi connectivity index (χ1n) is 7.79. The summed E-state index contributed by atoms with van der Waals surface area (Å²) in [5.74, 6) is 0.0193. The van der Waals surface area contributed by atoms with Crippen molar-refractivity contribution in [2.75, 3.05) is 0 Å². The molecule has 0 saturated heterocycles. The second kappa shape index (κ2) is 6.79. The van der Waals surface area contributed by atoms with Crippen LogP contribution in [0.4, 0.5) is 5.69 Å². The molecule has 26 heavy (non-hydrogen) atoms. The van der Waals surface area contributed by atoms with Crippen LogP contribution in [0, 0.1) is 24.0 Å². The fourth-order valence-corrected chi connectivity index (χ4v) is 2.63. The van der Waals surface area contributed by atoms with Gasteiger partial charge in [-0.2, -0.15) is 0 Å². The average molecular weight is 353 g/mol.